The van der Waals surface area contributed by atoms with Crippen LogP contribution in [0.3, 0.4) is 0 Å². The highest BCUT2D eigenvalue weighted by molar-refractivity contribution is 9.10. The molecule has 0 saturated heterocycles. The van der Waals surface area contributed by atoms with Crippen LogP contribution in [-0.4, -0.2) is 20.2 Å². The standard InChI is InChI=1S/C16H23BrN2O/c1-15(2,9-18)10-19-11-16(3,4)12-6-7-14(20-5)13(17)8-12/h6-8,19H,10-11H2,1-5H3. The molecule has 110 valence electrons. The van der Waals surface area contributed by atoms with Crippen molar-refractivity contribution in [3.05, 3.63) is 28.2 Å². The molecule has 0 unspecified atom stereocenters. The highest BCUT2D eigenvalue weighted by Crippen LogP contribution is 2.31. The average molecular weight is 339 g/mol. The van der Waals surface area contributed by atoms with Gasteiger partial charge in [-0.3, -0.25) is 0 Å². The van der Waals surface area contributed by atoms with Gasteiger partial charge in [-0.05, 0) is 47.5 Å². The minimum absolute atomic E-state index is 0.0136. The zero-order valence-corrected chi connectivity index (χ0v) is 14.5. The normalized spacial score (nSPS) is 12.1. The minimum atomic E-state index is -0.337. The summed E-state index contributed by atoms with van der Waals surface area (Å²) >= 11 is 3.52. The summed E-state index contributed by atoms with van der Waals surface area (Å²) in [4.78, 5) is 0. The van der Waals surface area contributed by atoms with Crippen molar-refractivity contribution in [2.24, 2.45) is 5.41 Å². The molecule has 0 aliphatic heterocycles. The lowest BCUT2D eigenvalue weighted by Gasteiger charge is -2.28. The second-order valence-electron chi connectivity index (χ2n) is 6.33. The van der Waals surface area contributed by atoms with Crippen LogP contribution in [0.15, 0.2) is 22.7 Å². The van der Waals surface area contributed by atoms with Gasteiger partial charge in [-0.2, -0.15) is 5.26 Å². The Morgan fingerprint density at radius 2 is 1.90 bits per heavy atom. The van der Waals surface area contributed by atoms with Gasteiger partial charge in [0.25, 0.3) is 0 Å². The zero-order valence-electron chi connectivity index (χ0n) is 12.9. The molecular weight excluding hydrogens is 316 g/mol. The monoisotopic (exact) mass is 338 g/mol. The smallest absolute Gasteiger partial charge is 0.133 e. The van der Waals surface area contributed by atoms with Crippen LogP contribution in [0.2, 0.25) is 0 Å². The molecule has 0 aliphatic carbocycles. The molecule has 0 fully saturated rings. The number of halogens is 1. The fourth-order valence-corrected chi connectivity index (χ4v) is 2.46. The van der Waals surface area contributed by atoms with Crippen LogP contribution in [-0.2, 0) is 5.41 Å². The number of nitrogens with one attached hydrogen (secondary N) is 1. The number of ether oxygens (including phenoxy) is 1. The van der Waals surface area contributed by atoms with Gasteiger partial charge < -0.3 is 10.1 Å². The van der Waals surface area contributed by atoms with E-state index >= 15 is 0 Å². The first-order valence-corrected chi connectivity index (χ1v) is 7.47. The number of rotatable bonds is 6. The molecule has 0 atom stereocenters. The molecule has 0 bridgehead atoms. The van der Waals surface area contributed by atoms with Crippen molar-refractivity contribution >= 4 is 15.9 Å². The molecule has 1 N–H and O–H groups in total. The molecule has 1 aromatic carbocycles. The highest BCUT2D eigenvalue weighted by atomic mass is 79.9. The van der Waals surface area contributed by atoms with E-state index in [1.165, 1.54) is 5.56 Å². The minimum Gasteiger partial charge on any atom is -0.496 e. The average Bonchev–Trinajstić information content (AvgIpc) is 2.38. The van der Waals surface area contributed by atoms with Crippen LogP contribution in [0.4, 0.5) is 0 Å². The molecule has 20 heavy (non-hydrogen) atoms. The first-order chi connectivity index (χ1) is 9.22. The van der Waals surface area contributed by atoms with E-state index in [0.717, 1.165) is 16.8 Å². The maximum Gasteiger partial charge on any atom is 0.133 e. The van der Waals surface area contributed by atoms with E-state index in [2.05, 4.69) is 53.3 Å². The summed E-state index contributed by atoms with van der Waals surface area (Å²) in [5.41, 5.74) is 0.879. The summed E-state index contributed by atoms with van der Waals surface area (Å²) < 4.78 is 6.22. The Morgan fingerprint density at radius 1 is 1.25 bits per heavy atom. The van der Waals surface area contributed by atoms with Crippen LogP contribution in [0.25, 0.3) is 0 Å². The Bertz CT molecular complexity index is 504. The number of nitriles is 1. The topological polar surface area (TPSA) is 45.0 Å². The second-order valence-corrected chi connectivity index (χ2v) is 7.19. The zero-order chi connectivity index (χ0) is 15.4. The molecule has 0 saturated carbocycles. The summed E-state index contributed by atoms with van der Waals surface area (Å²) in [6, 6.07) is 8.45. The predicted octanol–water partition coefficient (Wildman–Crippen LogP) is 3.87. The van der Waals surface area contributed by atoms with Gasteiger partial charge in [0.05, 0.1) is 23.1 Å². The Kier molecular flexibility index (Phi) is 5.61. The third-order valence-electron chi connectivity index (χ3n) is 3.37. The van der Waals surface area contributed by atoms with Crippen molar-refractivity contribution in [2.75, 3.05) is 20.2 Å². The lowest BCUT2D eigenvalue weighted by Crippen LogP contribution is -2.37. The third-order valence-corrected chi connectivity index (χ3v) is 3.99. The van der Waals surface area contributed by atoms with Crippen molar-refractivity contribution in [1.82, 2.24) is 5.32 Å². The molecular formula is C16H23BrN2O. The van der Waals surface area contributed by atoms with Crippen molar-refractivity contribution < 1.29 is 4.74 Å². The summed E-state index contributed by atoms with van der Waals surface area (Å²) in [6.45, 7) is 9.76. The lowest BCUT2D eigenvalue weighted by atomic mass is 9.84. The third kappa shape index (κ3) is 4.50. The van der Waals surface area contributed by atoms with E-state index < -0.39 is 0 Å². The number of hydrogen-bond acceptors (Lipinski definition) is 3. The summed E-state index contributed by atoms with van der Waals surface area (Å²) in [6.07, 6.45) is 0. The highest BCUT2D eigenvalue weighted by Gasteiger charge is 2.23. The fraction of sp³-hybridized carbons (Fsp3) is 0.562. The van der Waals surface area contributed by atoms with E-state index in [9.17, 15) is 0 Å². The van der Waals surface area contributed by atoms with Gasteiger partial charge in [0.15, 0.2) is 0 Å². The number of hydrogen-bond donors (Lipinski definition) is 1. The van der Waals surface area contributed by atoms with Crippen LogP contribution < -0.4 is 10.1 Å². The van der Waals surface area contributed by atoms with Crippen molar-refractivity contribution in [3.63, 3.8) is 0 Å². The summed E-state index contributed by atoms with van der Waals surface area (Å²) in [7, 11) is 1.66. The predicted molar refractivity (Wildman–Crippen MR) is 86.0 cm³/mol. The molecule has 0 spiro atoms. The Labute approximate surface area is 130 Å². The first kappa shape index (κ1) is 17.0. The summed E-state index contributed by atoms with van der Waals surface area (Å²) in [5.74, 6) is 0.836. The molecule has 3 nitrogen and oxygen atoms in total. The van der Waals surface area contributed by atoms with E-state index in [0.29, 0.717) is 6.54 Å². The first-order valence-electron chi connectivity index (χ1n) is 6.68. The quantitative estimate of drug-likeness (QED) is 0.856. The largest absolute Gasteiger partial charge is 0.496 e. The van der Waals surface area contributed by atoms with Crippen LogP contribution in [0, 0.1) is 16.7 Å². The molecule has 0 heterocycles. The Hall–Kier alpha value is -1.05. The van der Waals surface area contributed by atoms with Crippen molar-refractivity contribution in [3.8, 4) is 11.8 Å². The van der Waals surface area contributed by atoms with Crippen molar-refractivity contribution in [2.45, 2.75) is 33.1 Å². The van der Waals surface area contributed by atoms with Crippen LogP contribution in [0.1, 0.15) is 33.3 Å². The van der Waals surface area contributed by atoms with Gasteiger partial charge in [0.1, 0.15) is 5.75 Å². The fourth-order valence-electron chi connectivity index (χ4n) is 1.92. The second kappa shape index (κ2) is 6.60. The molecule has 4 heteroatoms. The van der Waals surface area contributed by atoms with Crippen LogP contribution in [0.5, 0.6) is 5.75 Å². The van der Waals surface area contributed by atoms with Gasteiger partial charge in [0, 0.05) is 18.5 Å². The maximum atomic E-state index is 9.02. The molecule has 0 amide bonds. The van der Waals surface area contributed by atoms with E-state index in [-0.39, 0.29) is 10.8 Å². The van der Waals surface area contributed by atoms with Gasteiger partial charge in [-0.15, -0.1) is 0 Å². The van der Waals surface area contributed by atoms with Gasteiger partial charge in [-0.1, -0.05) is 19.9 Å². The molecule has 0 radical (unpaired) electrons. The van der Waals surface area contributed by atoms with Crippen LogP contribution >= 0.6 is 15.9 Å². The van der Waals surface area contributed by atoms with E-state index in [1.807, 2.05) is 19.9 Å². The SMILES string of the molecule is COc1ccc(C(C)(C)CNCC(C)(C)C#N)cc1Br. The molecule has 0 aromatic heterocycles. The van der Waals surface area contributed by atoms with Gasteiger partial charge in [0.2, 0.25) is 0 Å². The Morgan fingerprint density at radius 3 is 2.40 bits per heavy atom. The van der Waals surface area contributed by atoms with E-state index in [4.69, 9.17) is 10.00 Å². The van der Waals surface area contributed by atoms with E-state index in [1.54, 1.807) is 7.11 Å². The van der Waals surface area contributed by atoms with Crippen molar-refractivity contribution in [1.29, 1.82) is 5.26 Å². The molecule has 0 aliphatic rings. The number of nitrogens with zero attached hydrogens (tertiary/aromatic N) is 1. The number of methoxy groups -OCH3 is 1. The summed E-state index contributed by atoms with van der Waals surface area (Å²) in [5, 5.41) is 12.4. The van der Waals surface area contributed by atoms with Gasteiger partial charge in [-0.25, -0.2) is 0 Å². The Balaban J connectivity index is 2.74. The molecule has 1 rings (SSSR count). The maximum absolute atomic E-state index is 9.02. The van der Waals surface area contributed by atoms with Gasteiger partial charge >= 0.3 is 0 Å². The lowest BCUT2D eigenvalue weighted by molar-refractivity contribution is 0.395. The number of benzene rings is 1. The molecule has 1 aromatic rings.